The quantitative estimate of drug-likeness (QED) is 0.581. The molecule has 5 heterocycles. The average molecular weight is 366 g/mol. The van der Waals surface area contributed by atoms with Gasteiger partial charge in [-0.15, -0.1) is 0 Å². The topological polar surface area (TPSA) is 104 Å². The number of aryl methyl sites for hydroxylation is 2. The van der Waals surface area contributed by atoms with Gasteiger partial charge in [0, 0.05) is 13.7 Å². The zero-order chi connectivity index (χ0) is 18.5. The molecule has 0 spiro atoms. The van der Waals surface area contributed by atoms with Gasteiger partial charge in [-0.3, -0.25) is 9.13 Å². The molecule has 0 amide bonds. The highest BCUT2D eigenvalue weighted by Crippen LogP contribution is 2.24. The predicted octanol–water partition coefficient (Wildman–Crippen LogP) is 1.19. The van der Waals surface area contributed by atoms with Gasteiger partial charge in [0.25, 0.3) is 0 Å². The summed E-state index contributed by atoms with van der Waals surface area (Å²) in [6, 6.07) is 1.93. The Balaban J connectivity index is 1.60. The van der Waals surface area contributed by atoms with Crippen molar-refractivity contribution in [3.63, 3.8) is 0 Å². The fraction of sp³-hybridized carbons (Fsp3) is 0.353. The number of pyridine rings is 1. The number of hydrogen-bond donors (Lipinski definition) is 1. The number of hydrogen-bond acceptors (Lipinski definition) is 7. The summed E-state index contributed by atoms with van der Waals surface area (Å²) in [6.45, 7) is 3.15. The molecule has 0 bridgehead atoms. The molecule has 0 aliphatic carbocycles. The summed E-state index contributed by atoms with van der Waals surface area (Å²) < 4.78 is 10.4. The van der Waals surface area contributed by atoms with Crippen molar-refractivity contribution >= 4 is 28.4 Å². The Labute approximate surface area is 153 Å². The molecule has 0 saturated carbocycles. The third-order valence-corrected chi connectivity index (χ3v) is 4.97. The summed E-state index contributed by atoms with van der Waals surface area (Å²) >= 11 is 0. The van der Waals surface area contributed by atoms with Crippen LogP contribution in [0.1, 0.15) is 18.0 Å². The van der Waals surface area contributed by atoms with E-state index in [0.717, 1.165) is 23.3 Å². The molecular weight excluding hydrogens is 348 g/mol. The van der Waals surface area contributed by atoms with Crippen molar-refractivity contribution in [2.45, 2.75) is 19.4 Å². The van der Waals surface area contributed by atoms with Crippen molar-refractivity contribution in [2.75, 3.05) is 18.5 Å². The van der Waals surface area contributed by atoms with E-state index in [0.29, 0.717) is 30.3 Å². The molecule has 27 heavy (non-hydrogen) atoms. The molecule has 0 aromatic carbocycles. The van der Waals surface area contributed by atoms with Crippen LogP contribution in [0.3, 0.4) is 0 Å². The second-order valence-corrected chi connectivity index (χ2v) is 6.69. The Morgan fingerprint density at radius 2 is 2.22 bits per heavy atom. The Morgan fingerprint density at radius 1 is 1.33 bits per heavy atom. The lowest BCUT2D eigenvalue weighted by molar-refractivity contribution is 0.186. The van der Waals surface area contributed by atoms with Gasteiger partial charge in [-0.1, -0.05) is 0 Å². The van der Waals surface area contributed by atoms with Crippen LogP contribution in [0, 0.1) is 6.92 Å². The van der Waals surface area contributed by atoms with E-state index < -0.39 is 0 Å². The van der Waals surface area contributed by atoms with Crippen LogP contribution >= 0.6 is 0 Å². The van der Waals surface area contributed by atoms with Crippen LogP contribution < -0.4 is 11.0 Å². The van der Waals surface area contributed by atoms with Gasteiger partial charge in [-0.25, -0.2) is 19.3 Å². The van der Waals surface area contributed by atoms with Crippen molar-refractivity contribution < 1.29 is 4.74 Å². The predicted molar refractivity (Wildman–Crippen MR) is 98.2 cm³/mol. The number of rotatable bonds is 3. The molecule has 1 unspecified atom stereocenters. The zero-order valence-electron chi connectivity index (χ0n) is 15.0. The normalized spacial score (nSPS) is 17.2. The number of nitrogens with zero attached hydrogens (tertiary/aromatic N) is 7. The lowest BCUT2D eigenvalue weighted by atomic mass is 10.2. The number of fused-ring (bicyclic) bond motifs is 2. The van der Waals surface area contributed by atoms with Crippen LogP contribution in [0.2, 0.25) is 0 Å². The second-order valence-electron chi connectivity index (χ2n) is 6.69. The Hall–Kier alpha value is -3.27. The Morgan fingerprint density at radius 3 is 3.04 bits per heavy atom. The summed E-state index contributed by atoms with van der Waals surface area (Å²) in [4.78, 5) is 25.9. The van der Waals surface area contributed by atoms with Gasteiger partial charge in [-0.2, -0.15) is 10.1 Å². The van der Waals surface area contributed by atoms with Gasteiger partial charge in [-0.05, 0) is 25.0 Å². The molecule has 0 radical (unpaired) electrons. The van der Waals surface area contributed by atoms with Crippen LogP contribution in [0.25, 0.3) is 16.8 Å². The highest BCUT2D eigenvalue weighted by molar-refractivity contribution is 5.73. The molecule has 1 fully saturated rings. The Bertz CT molecular complexity index is 1220. The van der Waals surface area contributed by atoms with E-state index in [4.69, 9.17) is 4.74 Å². The molecule has 10 heteroatoms. The van der Waals surface area contributed by atoms with Gasteiger partial charge < -0.3 is 10.1 Å². The lowest BCUT2D eigenvalue weighted by Gasteiger charge is -2.11. The van der Waals surface area contributed by atoms with Crippen LogP contribution in [0.4, 0.5) is 11.6 Å². The van der Waals surface area contributed by atoms with E-state index >= 15 is 0 Å². The van der Waals surface area contributed by atoms with Crippen LogP contribution in [-0.2, 0) is 11.8 Å². The minimum Gasteiger partial charge on any atom is -0.379 e. The summed E-state index contributed by atoms with van der Waals surface area (Å²) in [5, 5.41) is 7.38. The summed E-state index contributed by atoms with van der Waals surface area (Å²) in [7, 11) is 1.73. The number of anilines is 2. The first-order valence-electron chi connectivity index (χ1n) is 8.70. The highest BCUT2D eigenvalue weighted by Gasteiger charge is 2.24. The SMILES string of the molecule is Cc1cc2ncnn2cc1Nc1ncc2c(n1)n(C1CCOC1)c(=O)n2C. The van der Waals surface area contributed by atoms with Gasteiger partial charge in [0.15, 0.2) is 11.3 Å². The highest BCUT2D eigenvalue weighted by atomic mass is 16.5. The van der Waals surface area contributed by atoms with Gasteiger partial charge in [0.05, 0.1) is 30.7 Å². The summed E-state index contributed by atoms with van der Waals surface area (Å²) in [6.07, 6.45) is 5.82. The Kier molecular flexibility index (Phi) is 3.47. The first-order valence-corrected chi connectivity index (χ1v) is 8.70. The number of ether oxygens (including phenoxy) is 1. The van der Waals surface area contributed by atoms with E-state index in [2.05, 4.69) is 25.4 Å². The molecule has 1 aliphatic rings. The number of aromatic nitrogens is 7. The monoisotopic (exact) mass is 366 g/mol. The third-order valence-electron chi connectivity index (χ3n) is 4.97. The van der Waals surface area contributed by atoms with Crippen molar-refractivity contribution in [3.05, 3.63) is 40.8 Å². The van der Waals surface area contributed by atoms with Crippen LogP contribution in [-0.4, -0.2) is 46.9 Å². The van der Waals surface area contributed by atoms with Crippen LogP contribution in [0.15, 0.2) is 29.6 Å². The van der Waals surface area contributed by atoms with Gasteiger partial charge in [0.1, 0.15) is 11.8 Å². The molecule has 1 N–H and O–H groups in total. The summed E-state index contributed by atoms with van der Waals surface area (Å²) in [5.41, 5.74) is 3.78. The minimum absolute atomic E-state index is 0.00261. The number of nitrogens with one attached hydrogen (secondary N) is 1. The third kappa shape index (κ3) is 2.48. The van der Waals surface area contributed by atoms with Crippen molar-refractivity contribution in [3.8, 4) is 0 Å². The van der Waals surface area contributed by atoms with Crippen molar-refractivity contribution in [1.82, 2.24) is 33.7 Å². The molecule has 138 valence electrons. The average Bonchev–Trinajstić information content (AvgIpc) is 3.37. The zero-order valence-corrected chi connectivity index (χ0v) is 15.0. The van der Waals surface area contributed by atoms with Crippen LogP contribution in [0.5, 0.6) is 0 Å². The largest absolute Gasteiger partial charge is 0.379 e. The molecule has 4 aromatic heterocycles. The van der Waals surface area contributed by atoms with E-state index in [1.54, 1.807) is 26.9 Å². The van der Waals surface area contributed by atoms with Crippen molar-refractivity contribution in [2.24, 2.45) is 7.05 Å². The maximum atomic E-state index is 12.7. The molecule has 5 rings (SSSR count). The van der Waals surface area contributed by atoms with Gasteiger partial charge >= 0.3 is 5.69 Å². The summed E-state index contributed by atoms with van der Waals surface area (Å²) in [5.74, 6) is 0.420. The number of imidazole rings is 1. The smallest absolute Gasteiger partial charge is 0.330 e. The molecular formula is C17H18N8O2. The minimum atomic E-state index is -0.104. The first kappa shape index (κ1) is 15.9. The standard InChI is InChI=1S/C17H18N8O2/c1-10-5-14-19-9-20-24(14)7-12(10)21-16-18-6-13-15(22-16)25(17(26)23(13)2)11-3-4-27-8-11/h5-7,9,11H,3-4,8H2,1-2H3,(H,18,21,22). The molecule has 4 aromatic rings. The molecule has 1 aliphatic heterocycles. The molecule has 1 atom stereocenters. The van der Waals surface area contributed by atoms with E-state index in [-0.39, 0.29) is 11.7 Å². The maximum Gasteiger partial charge on any atom is 0.330 e. The van der Waals surface area contributed by atoms with Gasteiger partial charge in [0.2, 0.25) is 5.95 Å². The molecule has 10 nitrogen and oxygen atoms in total. The fourth-order valence-electron chi connectivity index (χ4n) is 3.46. The fourth-order valence-corrected chi connectivity index (χ4v) is 3.46. The van der Waals surface area contributed by atoms with Crippen molar-refractivity contribution in [1.29, 1.82) is 0 Å². The second kappa shape index (κ2) is 5.88. The van der Waals surface area contributed by atoms with E-state index in [9.17, 15) is 4.79 Å². The maximum absolute atomic E-state index is 12.7. The lowest BCUT2D eigenvalue weighted by Crippen LogP contribution is -2.26. The molecule has 1 saturated heterocycles. The van der Waals surface area contributed by atoms with E-state index in [1.165, 1.54) is 6.33 Å². The first-order chi connectivity index (χ1) is 13.1. The van der Waals surface area contributed by atoms with E-state index in [1.807, 2.05) is 19.2 Å².